The van der Waals surface area contributed by atoms with Crippen molar-refractivity contribution in [3.05, 3.63) is 70.9 Å². The molecule has 3 aromatic rings. The summed E-state index contributed by atoms with van der Waals surface area (Å²) in [5, 5.41) is 4.01. The summed E-state index contributed by atoms with van der Waals surface area (Å²) in [6, 6.07) is 15.8. The van der Waals surface area contributed by atoms with E-state index >= 15 is 0 Å². The number of pyridine rings is 1. The summed E-state index contributed by atoms with van der Waals surface area (Å²) in [5.74, 6) is -0.103. The molecule has 128 valence electrons. The van der Waals surface area contributed by atoms with Gasteiger partial charge in [0.05, 0.1) is 11.2 Å². The van der Waals surface area contributed by atoms with Gasteiger partial charge in [0.15, 0.2) is 0 Å². The number of anilines is 1. The van der Waals surface area contributed by atoms with Gasteiger partial charge in [-0.15, -0.1) is 0 Å². The molecule has 1 N–H and O–H groups in total. The Morgan fingerprint density at radius 1 is 0.960 bits per heavy atom. The lowest BCUT2D eigenvalue weighted by Crippen LogP contribution is -2.14. The van der Waals surface area contributed by atoms with Crippen LogP contribution in [0.2, 0.25) is 0 Å². The summed E-state index contributed by atoms with van der Waals surface area (Å²) >= 11 is 0. The summed E-state index contributed by atoms with van der Waals surface area (Å²) < 4.78 is 0. The van der Waals surface area contributed by atoms with Crippen LogP contribution in [0.3, 0.4) is 0 Å². The molecule has 0 saturated heterocycles. The molecule has 3 heteroatoms. The van der Waals surface area contributed by atoms with Crippen LogP contribution in [-0.4, -0.2) is 10.9 Å². The molecule has 25 heavy (non-hydrogen) atoms. The zero-order valence-corrected chi connectivity index (χ0v) is 15.5. The summed E-state index contributed by atoms with van der Waals surface area (Å²) in [7, 11) is 0. The molecule has 0 saturated carbocycles. The van der Waals surface area contributed by atoms with E-state index in [1.54, 1.807) is 0 Å². The Kier molecular flexibility index (Phi) is 4.34. The maximum atomic E-state index is 12.7. The van der Waals surface area contributed by atoms with Crippen molar-refractivity contribution in [2.45, 2.75) is 40.0 Å². The first-order chi connectivity index (χ1) is 11.7. The molecule has 0 unspecified atom stereocenters. The molecule has 0 atom stereocenters. The highest BCUT2D eigenvalue weighted by Crippen LogP contribution is 2.26. The standard InChI is InChI=1S/C22H24N2O/c1-14-6-11-19-18(12-14)20(13-15(2)23-19)24-21(25)16-7-9-17(10-8-16)22(3,4)5/h6-13H,1-5H3,(H,23,24,25). The largest absolute Gasteiger partial charge is 0.321 e. The van der Waals surface area contributed by atoms with E-state index in [1.165, 1.54) is 5.56 Å². The number of rotatable bonds is 2. The number of hydrogen-bond acceptors (Lipinski definition) is 2. The molecule has 1 heterocycles. The van der Waals surface area contributed by atoms with Gasteiger partial charge in [-0.3, -0.25) is 9.78 Å². The van der Waals surface area contributed by atoms with Crippen LogP contribution in [0.5, 0.6) is 0 Å². The zero-order chi connectivity index (χ0) is 18.2. The fraction of sp³-hybridized carbons (Fsp3) is 0.273. The van der Waals surface area contributed by atoms with Gasteiger partial charge in [0, 0.05) is 16.6 Å². The number of aryl methyl sites for hydroxylation is 2. The Hall–Kier alpha value is -2.68. The molecule has 0 radical (unpaired) electrons. The molecule has 0 aliphatic carbocycles. The molecule has 3 nitrogen and oxygen atoms in total. The van der Waals surface area contributed by atoms with E-state index in [2.05, 4.69) is 37.1 Å². The Morgan fingerprint density at radius 3 is 2.28 bits per heavy atom. The molecule has 0 fully saturated rings. The normalized spacial score (nSPS) is 11.6. The monoisotopic (exact) mass is 332 g/mol. The third-order valence-corrected chi connectivity index (χ3v) is 4.35. The first-order valence-electron chi connectivity index (χ1n) is 8.54. The van der Waals surface area contributed by atoms with E-state index in [0.29, 0.717) is 5.56 Å². The highest BCUT2D eigenvalue weighted by Gasteiger charge is 2.15. The van der Waals surface area contributed by atoms with Gasteiger partial charge in [0.1, 0.15) is 0 Å². The minimum atomic E-state index is -0.103. The third kappa shape index (κ3) is 3.71. The number of carbonyl (C=O) groups is 1. The van der Waals surface area contributed by atoms with E-state index in [1.807, 2.05) is 56.3 Å². The van der Waals surface area contributed by atoms with Crippen LogP contribution < -0.4 is 5.32 Å². The van der Waals surface area contributed by atoms with Crippen molar-refractivity contribution >= 4 is 22.5 Å². The van der Waals surface area contributed by atoms with Crippen molar-refractivity contribution in [3.63, 3.8) is 0 Å². The number of nitrogens with zero attached hydrogens (tertiary/aromatic N) is 1. The first kappa shape index (κ1) is 17.2. The zero-order valence-electron chi connectivity index (χ0n) is 15.5. The lowest BCUT2D eigenvalue weighted by atomic mass is 9.87. The van der Waals surface area contributed by atoms with E-state index in [4.69, 9.17) is 0 Å². The molecular formula is C22H24N2O. The van der Waals surface area contributed by atoms with Gasteiger partial charge < -0.3 is 5.32 Å². The summed E-state index contributed by atoms with van der Waals surface area (Å²) in [5.41, 5.74) is 5.66. The van der Waals surface area contributed by atoms with E-state index < -0.39 is 0 Å². The molecule has 1 amide bonds. The van der Waals surface area contributed by atoms with Gasteiger partial charge in [-0.05, 0) is 55.2 Å². The quantitative estimate of drug-likeness (QED) is 0.682. The van der Waals surface area contributed by atoms with Crippen LogP contribution in [0.25, 0.3) is 10.9 Å². The van der Waals surface area contributed by atoms with Crippen molar-refractivity contribution in [2.24, 2.45) is 0 Å². The lowest BCUT2D eigenvalue weighted by Gasteiger charge is -2.19. The highest BCUT2D eigenvalue weighted by molar-refractivity contribution is 6.08. The van der Waals surface area contributed by atoms with E-state index in [-0.39, 0.29) is 11.3 Å². The number of amides is 1. The number of fused-ring (bicyclic) bond motifs is 1. The predicted molar refractivity (Wildman–Crippen MR) is 104 cm³/mol. The first-order valence-corrected chi connectivity index (χ1v) is 8.54. The smallest absolute Gasteiger partial charge is 0.255 e. The Balaban J connectivity index is 1.93. The fourth-order valence-corrected chi connectivity index (χ4v) is 2.89. The molecule has 0 aliphatic heterocycles. The van der Waals surface area contributed by atoms with Gasteiger partial charge in [0.25, 0.3) is 5.91 Å². The second-order valence-corrected chi connectivity index (χ2v) is 7.61. The predicted octanol–water partition coefficient (Wildman–Crippen LogP) is 5.40. The SMILES string of the molecule is Cc1ccc2nc(C)cc(NC(=O)c3ccc(C(C)(C)C)cc3)c2c1. The Morgan fingerprint density at radius 2 is 1.64 bits per heavy atom. The maximum Gasteiger partial charge on any atom is 0.255 e. The van der Waals surface area contributed by atoms with Gasteiger partial charge >= 0.3 is 0 Å². The number of benzene rings is 2. The second kappa shape index (κ2) is 6.32. The fourth-order valence-electron chi connectivity index (χ4n) is 2.89. The van der Waals surface area contributed by atoms with Gasteiger partial charge in [-0.25, -0.2) is 0 Å². The van der Waals surface area contributed by atoms with Crippen molar-refractivity contribution < 1.29 is 4.79 Å². The topological polar surface area (TPSA) is 42.0 Å². The van der Waals surface area contributed by atoms with Crippen molar-refractivity contribution in [3.8, 4) is 0 Å². The number of carbonyl (C=O) groups excluding carboxylic acids is 1. The molecule has 0 spiro atoms. The van der Waals surface area contributed by atoms with Crippen molar-refractivity contribution in [1.29, 1.82) is 0 Å². The van der Waals surface area contributed by atoms with Gasteiger partial charge in [0.2, 0.25) is 0 Å². The second-order valence-electron chi connectivity index (χ2n) is 7.61. The Bertz CT molecular complexity index is 935. The highest BCUT2D eigenvalue weighted by atomic mass is 16.1. The number of nitrogens with one attached hydrogen (secondary N) is 1. The number of hydrogen-bond donors (Lipinski definition) is 1. The maximum absolute atomic E-state index is 12.7. The molecule has 0 aliphatic rings. The molecule has 1 aromatic heterocycles. The van der Waals surface area contributed by atoms with Gasteiger partial charge in [-0.1, -0.05) is 44.5 Å². The van der Waals surface area contributed by atoms with Crippen molar-refractivity contribution in [2.75, 3.05) is 5.32 Å². The van der Waals surface area contributed by atoms with Crippen LogP contribution in [0.15, 0.2) is 48.5 Å². The lowest BCUT2D eigenvalue weighted by molar-refractivity contribution is 0.102. The van der Waals surface area contributed by atoms with Crippen LogP contribution in [0.1, 0.15) is 48.0 Å². The molecular weight excluding hydrogens is 308 g/mol. The number of aromatic nitrogens is 1. The van der Waals surface area contributed by atoms with Crippen molar-refractivity contribution in [1.82, 2.24) is 4.98 Å². The molecule has 3 rings (SSSR count). The summed E-state index contributed by atoms with van der Waals surface area (Å²) in [6.45, 7) is 10.5. The van der Waals surface area contributed by atoms with Crippen LogP contribution in [0, 0.1) is 13.8 Å². The van der Waals surface area contributed by atoms with Crippen LogP contribution in [0.4, 0.5) is 5.69 Å². The van der Waals surface area contributed by atoms with E-state index in [0.717, 1.165) is 27.8 Å². The molecule has 2 aromatic carbocycles. The van der Waals surface area contributed by atoms with Crippen LogP contribution >= 0.6 is 0 Å². The van der Waals surface area contributed by atoms with E-state index in [9.17, 15) is 4.79 Å². The van der Waals surface area contributed by atoms with Crippen LogP contribution in [-0.2, 0) is 5.41 Å². The minimum absolute atomic E-state index is 0.0744. The average Bonchev–Trinajstić information content (AvgIpc) is 2.54. The minimum Gasteiger partial charge on any atom is -0.321 e. The summed E-state index contributed by atoms with van der Waals surface area (Å²) in [4.78, 5) is 17.2. The third-order valence-electron chi connectivity index (χ3n) is 4.35. The summed E-state index contributed by atoms with van der Waals surface area (Å²) in [6.07, 6.45) is 0. The Labute approximate surface area is 149 Å². The average molecular weight is 332 g/mol. The van der Waals surface area contributed by atoms with Gasteiger partial charge in [-0.2, -0.15) is 0 Å². The molecule has 0 bridgehead atoms.